The predicted octanol–water partition coefficient (Wildman–Crippen LogP) is -2.97. The van der Waals surface area contributed by atoms with Crippen molar-refractivity contribution in [3.63, 3.8) is 0 Å². The van der Waals surface area contributed by atoms with E-state index in [4.69, 9.17) is 40.9 Å². The van der Waals surface area contributed by atoms with Crippen molar-refractivity contribution in [3.8, 4) is 23.0 Å². The SMILES string of the molecule is CO.CO.CO.CO.CO.CO.CO.CO.Cc1cc(C=Nc2ccc(Cc3ccc(N=Cc4cc(C)cc(CN5CCC[C@H]5C(=O)[O-])c4[O-])cc3)cc2)c([O-])c(CN2CCC[C@H]2C(=O)[O-])c1.Cc1cc(C=Nc2ccc(Cc3ccc(N=Cc4cc(C)cc(CN5CCC[C@H]5C(=O)[O-])c4[O-])cc3)cc2)c([O-])c(CN2CCC[C@H]2C(=O)[O-])c1.O.O.O.O.O.O.O.[Cu+2].[Cu+2].[Cu+2].[Cu+2]. The van der Waals surface area contributed by atoms with Crippen LogP contribution in [0.4, 0.5) is 22.7 Å². The van der Waals surface area contributed by atoms with E-state index in [-0.39, 0.29) is 156 Å². The average molecular weight is 2010 g/mol. The first-order valence-corrected chi connectivity index (χ1v) is 38.2. The van der Waals surface area contributed by atoms with Gasteiger partial charge in [-0.15, -0.1) is 0 Å². The fraction of sp³-hybridized carbons (Fsp3) is 0.378. The first-order valence-electron chi connectivity index (χ1n) is 38.2. The number of carbonyl (C=O) groups excluding carboxylic acids is 4. The van der Waals surface area contributed by atoms with Crippen molar-refractivity contribution in [2.75, 3.05) is 83.1 Å². The van der Waals surface area contributed by atoms with Crippen molar-refractivity contribution < 1.29 is 207 Å². The Morgan fingerprint density at radius 3 is 0.597 bits per heavy atom. The van der Waals surface area contributed by atoms with Crippen LogP contribution in [0.1, 0.15) is 140 Å². The quantitative estimate of drug-likeness (QED) is 0.0221. The van der Waals surface area contributed by atoms with Gasteiger partial charge in [-0.1, -0.05) is 142 Å². The van der Waals surface area contributed by atoms with E-state index in [0.29, 0.717) is 132 Å². The fourth-order valence-corrected chi connectivity index (χ4v) is 14.2. The van der Waals surface area contributed by atoms with E-state index in [0.717, 1.165) is 127 Å². The van der Waals surface area contributed by atoms with Crippen LogP contribution >= 0.6 is 0 Å². The number of benzene rings is 8. The minimum absolute atomic E-state index is 0. The normalized spacial score (nSPS) is 14.9. The number of likely N-dealkylation sites (tertiary alicyclic amines) is 4. The summed E-state index contributed by atoms with van der Waals surface area (Å²) in [5.74, 6) is -5.00. The molecular formula is C90H126Cu4N8O27. The van der Waals surface area contributed by atoms with E-state index in [9.17, 15) is 60.0 Å². The molecule has 4 atom stereocenters. The van der Waals surface area contributed by atoms with Crippen molar-refractivity contribution >= 4 is 71.5 Å². The largest absolute Gasteiger partial charge is 2.00 e. The number of hydrogen-bond acceptors (Lipinski definition) is 28. The third-order valence-electron chi connectivity index (χ3n) is 19.4. The molecule has 12 rings (SSSR count). The number of aliphatic hydroxyl groups is 8. The van der Waals surface area contributed by atoms with Crippen molar-refractivity contribution in [3.05, 3.63) is 235 Å². The van der Waals surface area contributed by atoms with E-state index >= 15 is 0 Å². The Hall–Kier alpha value is -9.16. The van der Waals surface area contributed by atoms with Gasteiger partial charge in [0.25, 0.3) is 0 Å². The van der Waals surface area contributed by atoms with Crippen LogP contribution < -0.4 is 40.9 Å². The van der Waals surface area contributed by atoms with Gasteiger partial charge in [0.05, 0.1) is 46.6 Å². The average Bonchev–Trinajstić information content (AvgIpc) is 1.72. The van der Waals surface area contributed by atoms with Gasteiger partial charge < -0.3 is 139 Å². The zero-order chi connectivity index (χ0) is 88.1. The number of rotatable bonds is 24. The standard InChI is InChI=1S/2C41H44N4O6.8CH4O.4Cu.7H2O/c2*1-26-17-30(38(46)32(19-26)24-44-15-3-5-36(44)40(48)49)22-42-34-11-7-28(8-12-34)21-29-9-13-35(14-10-29)43-23-31-18-27(2)20-33(39(31)47)25-45-16-4-6-37(45)41(50)51;8*1-2;;;;;;;;;;;/h2*7-14,17-20,22-23,36-37,46-47H,3-6,15-16,21,24-25H2,1-2H3,(H,48,49)(H,50,51);8*2H,1H3;;;;;7*1H2/q;;;;;;;;;;4*+2;;;;;;;/p-8/t2*36-,37-;;;;;;;;;;;;;;;;;;;/m00.................../s1. The summed E-state index contributed by atoms with van der Waals surface area (Å²) < 4.78 is 0. The maximum Gasteiger partial charge on any atom is 2.00 e. The van der Waals surface area contributed by atoms with Crippen LogP contribution in [-0.2, 0) is 126 Å². The molecule has 8 aromatic carbocycles. The summed E-state index contributed by atoms with van der Waals surface area (Å²) in [5.41, 5.74) is 14.9. The second-order valence-electron chi connectivity index (χ2n) is 27.2. The van der Waals surface area contributed by atoms with Gasteiger partial charge in [0.2, 0.25) is 0 Å². The predicted molar refractivity (Wildman–Crippen MR) is 467 cm³/mol. The summed E-state index contributed by atoms with van der Waals surface area (Å²) in [6.45, 7) is 11.2. The van der Waals surface area contributed by atoms with Crippen LogP contribution in [-0.4, -0.2) is 255 Å². The molecule has 4 fully saturated rings. The topological polar surface area (TPSA) is 698 Å². The second kappa shape index (κ2) is 74.5. The smallest absolute Gasteiger partial charge is 0.872 e. The maximum atomic E-state index is 13.2. The van der Waals surface area contributed by atoms with Gasteiger partial charge in [-0.25, -0.2) is 0 Å². The van der Waals surface area contributed by atoms with Crippen LogP contribution in [0.3, 0.4) is 0 Å². The molecule has 4 heterocycles. The van der Waals surface area contributed by atoms with Crippen molar-refractivity contribution in [2.24, 2.45) is 20.0 Å². The molecular weight excluding hydrogens is 1880 g/mol. The molecule has 0 spiro atoms. The Morgan fingerprint density at radius 1 is 0.295 bits per heavy atom. The van der Waals surface area contributed by atoms with Gasteiger partial charge in [0.1, 0.15) is 0 Å². The summed E-state index contributed by atoms with van der Waals surface area (Å²) >= 11 is 0. The maximum absolute atomic E-state index is 13.2. The minimum atomic E-state index is -1.10. The van der Waals surface area contributed by atoms with Gasteiger partial charge in [-0.05, 0) is 233 Å². The number of aliphatic hydroxyl groups excluding tert-OH is 8. The Balaban J connectivity index is -0.000000257. The molecule has 4 aliphatic rings. The van der Waals surface area contributed by atoms with E-state index in [1.807, 2.05) is 149 Å². The number of carbonyl (C=O) groups is 4. The van der Waals surface area contributed by atoms with Crippen LogP contribution in [0, 0.1) is 27.7 Å². The van der Waals surface area contributed by atoms with Crippen LogP contribution in [0.15, 0.2) is 166 Å². The number of aliphatic imine (C=N–C) groups is 4. The monoisotopic (exact) mass is 2000 g/mol. The molecule has 22 N–H and O–H groups in total. The molecule has 0 saturated carbocycles. The van der Waals surface area contributed by atoms with Gasteiger partial charge in [0.15, 0.2) is 0 Å². The molecule has 0 aromatic heterocycles. The second-order valence-corrected chi connectivity index (χ2v) is 27.2. The van der Waals surface area contributed by atoms with E-state index in [2.05, 4.69) is 20.0 Å². The fourth-order valence-electron chi connectivity index (χ4n) is 14.2. The molecule has 39 heteroatoms. The molecule has 0 amide bonds. The number of aliphatic carboxylic acids is 4. The van der Waals surface area contributed by atoms with Crippen LogP contribution in [0.2, 0.25) is 0 Å². The molecule has 732 valence electrons. The number of carboxylic acids is 4. The van der Waals surface area contributed by atoms with Gasteiger partial charge in [-0.2, -0.15) is 0 Å². The van der Waals surface area contributed by atoms with E-state index in [1.165, 1.54) is 0 Å². The first-order chi connectivity index (χ1) is 57.1. The minimum Gasteiger partial charge on any atom is -0.872 e. The zero-order valence-electron chi connectivity index (χ0n) is 74.0. The molecule has 0 unspecified atom stereocenters. The summed E-state index contributed by atoms with van der Waals surface area (Å²) in [6, 6.07) is 42.9. The van der Waals surface area contributed by atoms with Crippen molar-refractivity contribution in [1.82, 2.24) is 19.6 Å². The Morgan fingerprint density at radius 2 is 0.450 bits per heavy atom. The zero-order valence-corrected chi connectivity index (χ0v) is 77.7. The Labute approximate surface area is 796 Å². The van der Waals surface area contributed by atoms with Crippen LogP contribution in [0.25, 0.3) is 0 Å². The molecule has 0 aliphatic carbocycles. The third-order valence-corrected chi connectivity index (χ3v) is 19.4. The Bertz CT molecular complexity index is 3980. The van der Waals surface area contributed by atoms with Gasteiger partial charge >= 0.3 is 68.3 Å². The van der Waals surface area contributed by atoms with Gasteiger partial charge in [-0.3, -0.25) is 39.6 Å². The summed E-state index contributed by atoms with van der Waals surface area (Å²) in [4.78, 5) is 71.3. The van der Waals surface area contributed by atoms with Crippen molar-refractivity contribution in [2.45, 2.75) is 142 Å². The van der Waals surface area contributed by atoms with E-state index in [1.54, 1.807) is 68.7 Å². The Kier molecular flexibility index (Phi) is 79.5. The van der Waals surface area contributed by atoms with Gasteiger partial charge in [0, 0.05) is 132 Å². The molecule has 8 aromatic rings. The molecule has 4 aliphatic heterocycles. The van der Waals surface area contributed by atoms with E-state index < -0.39 is 48.0 Å². The summed E-state index contributed by atoms with van der Waals surface area (Å²) in [7, 11) is 8.00. The number of hydrogen-bond donors (Lipinski definition) is 8. The van der Waals surface area contributed by atoms with Crippen LogP contribution in [0.5, 0.6) is 23.0 Å². The third kappa shape index (κ3) is 42.7. The first kappa shape index (κ1) is 138. The number of aryl methyl sites for hydroxylation is 4. The van der Waals surface area contributed by atoms with Crippen molar-refractivity contribution in [1.29, 1.82) is 0 Å². The summed E-state index contributed by atoms with van der Waals surface area (Å²) in [6.07, 6.45) is 12.9. The number of nitrogens with zero attached hydrogens (tertiary/aromatic N) is 8. The molecule has 0 bridgehead atoms. The molecule has 129 heavy (non-hydrogen) atoms. The summed E-state index contributed by atoms with van der Waals surface area (Å²) in [5, 5.41) is 155. The molecule has 35 nitrogen and oxygen atoms in total. The molecule has 4 saturated heterocycles. The molecule has 4 radical (unpaired) electrons. The number of carboxylic acid groups (broad SMARTS) is 4.